The van der Waals surface area contributed by atoms with E-state index in [0.29, 0.717) is 25.1 Å². The summed E-state index contributed by atoms with van der Waals surface area (Å²) >= 11 is 0. The van der Waals surface area contributed by atoms with Crippen LogP contribution >= 0.6 is 0 Å². The van der Waals surface area contributed by atoms with Gasteiger partial charge in [-0.3, -0.25) is 0 Å². The largest absolute Gasteiger partial charge is 0.361 e. The van der Waals surface area contributed by atoms with Crippen LogP contribution in [0.15, 0.2) is 67.1 Å². The summed E-state index contributed by atoms with van der Waals surface area (Å²) in [6.45, 7) is 8.15. The van der Waals surface area contributed by atoms with Gasteiger partial charge in [-0.25, -0.2) is 18.7 Å². The smallest absolute Gasteiger partial charge is 0.248 e. The molecule has 2 heterocycles. The van der Waals surface area contributed by atoms with Crippen LogP contribution in [-0.2, 0) is 29.7 Å². The molecule has 0 fully saturated rings. The fraction of sp³-hybridized carbons (Fsp3) is 0.357. The highest BCUT2D eigenvalue weighted by molar-refractivity contribution is 6.76. The second-order valence-electron chi connectivity index (χ2n) is 10.8. The second kappa shape index (κ2) is 9.28. The zero-order chi connectivity index (χ0) is 24.6. The summed E-state index contributed by atoms with van der Waals surface area (Å²) in [6, 6.07) is 18.4. The van der Waals surface area contributed by atoms with Crippen LogP contribution in [0.5, 0.6) is 0 Å². The van der Waals surface area contributed by atoms with Gasteiger partial charge in [-0.05, 0) is 47.7 Å². The Bertz CT molecular complexity index is 1320. The quantitative estimate of drug-likeness (QED) is 0.203. The van der Waals surface area contributed by atoms with E-state index >= 15 is 0 Å². The van der Waals surface area contributed by atoms with Crippen molar-refractivity contribution in [1.29, 1.82) is 0 Å². The van der Waals surface area contributed by atoms with Crippen molar-refractivity contribution in [3.05, 3.63) is 83.8 Å². The van der Waals surface area contributed by atoms with Crippen molar-refractivity contribution in [3.8, 4) is 11.3 Å². The van der Waals surface area contributed by atoms with Gasteiger partial charge < -0.3 is 9.30 Å². The number of hydrogen-bond donors (Lipinski definition) is 0. The van der Waals surface area contributed by atoms with E-state index in [2.05, 4.69) is 29.6 Å². The zero-order valence-electron chi connectivity index (χ0n) is 20.5. The van der Waals surface area contributed by atoms with Crippen LogP contribution in [0.4, 0.5) is 8.78 Å². The molecule has 0 saturated heterocycles. The molecule has 0 spiro atoms. The van der Waals surface area contributed by atoms with Crippen molar-refractivity contribution in [1.82, 2.24) is 14.5 Å². The molecule has 0 aliphatic heterocycles. The van der Waals surface area contributed by atoms with Crippen molar-refractivity contribution in [2.75, 3.05) is 6.61 Å². The minimum atomic E-state index is -2.47. The molecule has 0 N–H and O–H groups in total. The summed E-state index contributed by atoms with van der Waals surface area (Å²) in [5.41, 5.74) is 3.80. The third kappa shape index (κ3) is 4.67. The second-order valence-corrected chi connectivity index (χ2v) is 16.4. The minimum absolute atomic E-state index is 0.342. The molecule has 2 aromatic heterocycles. The molecule has 1 aliphatic carbocycles. The monoisotopic (exact) mass is 491 g/mol. The third-order valence-electron chi connectivity index (χ3n) is 7.04. The number of halogens is 2. The van der Waals surface area contributed by atoms with Gasteiger partial charge in [0.2, 0.25) is 6.43 Å². The van der Waals surface area contributed by atoms with E-state index in [1.54, 1.807) is 0 Å². The van der Waals surface area contributed by atoms with Crippen molar-refractivity contribution >= 4 is 19.1 Å². The Morgan fingerprint density at radius 1 is 1.00 bits per heavy atom. The molecule has 5 rings (SSSR count). The van der Waals surface area contributed by atoms with Gasteiger partial charge in [-0.15, -0.1) is 0 Å². The van der Waals surface area contributed by atoms with Crippen LogP contribution in [-0.4, -0.2) is 35.6 Å². The van der Waals surface area contributed by atoms with Gasteiger partial charge >= 0.3 is 0 Å². The van der Waals surface area contributed by atoms with Crippen LogP contribution in [0, 0.1) is 0 Å². The standard InChI is InChI=1S/C28H31F2N3OSi/c1-35(2,3)14-13-34-19-33-12-11-24-25(31-18-32-26(24)33)20-9-6-10-23(15-20)28(27(29)30)16-21-7-4-5-8-22(21)17-28/h4-12,15,18,27H,13-14,16-17,19H2,1-3H3. The van der Waals surface area contributed by atoms with Gasteiger partial charge in [0.25, 0.3) is 0 Å². The van der Waals surface area contributed by atoms with Crippen molar-refractivity contribution in [2.24, 2.45) is 0 Å². The summed E-state index contributed by atoms with van der Waals surface area (Å²) in [7, 11) is -1.15. The molecule has 2 aromatic carbocycles. The summed E-state index contributed by atoms with van der Waals surface area (Å²) in [6.07, 6.45) is 1.71. The van der Waals surface area contributed by atoms with Crippen LogP contribution in [0.2, 0.25) is 25.7 Å². The first kappa shape index (κ1) is 23.8. The maximum atomic E-state index is 14.6. The van der Waals surface area contributed by atoms with Crippen molar-refractivity contribution in [2.45, 2.75) is 57.1 Å². The average molecular weight is 492 g/mol. The number of rotatable bonds is 8. The van der Waals surface area contributed by atoms with Gasteiger partial charge in [0.15, 0.2) is 0 Å². The van der Waals surface area contributed by atoms with Crippen LogP contribution in [0.3, 0.4) is 0 Å². The number of hydrogen-bond acceptors (Lipinski definition) is 3. The lowest BCUT2D eigenvalue weighted by molar-refractivity contribution is 0.0541. The number of fused-ring (bicyclic) bond motifs is 2. The minimum Gasteiger partial charge on any atom is -0.361 e. The summed E-state index contributed by atoms with van der Waals surface area (Å²) in [5.74, 6) is 0. The lowest BCUT2D eigenvalue weighted by Gasteiger charge is -2.29. The van der Waals surface area contributed by atoms with E-state index in [-0.39, 0.29) is 0 Å². The van der Waals surface area contributed by atoms with E-state index in [0.717, 1.165) is 46.1 Å². The number of alkyl halides is 2. The van der Waals surface area contributed by atoms with Crippen LogP contribution in [0.25, 0.3) is 22.3 Å². The molecule has 182 valence electrons. The fourth-order valence-corrected chi connectivity index (χ4v) is 5.74. The Kier molecular flexibility index (Phi) is 6.32. The molecule has 0 radical (unpaired) electrons. The van der Waals surface area contributed by atoms with E-state index < -0.39 is 19.9 Å². The molecule has 0 atom stereocenters. The summed E-state index contributed by atoms with van der Waals surface area (Å²) in [4.78, 5) is 9.03. The van der Waals surface area contributed by atoms with Gasteiger partial charge in [-0.2, -0.15) is 0 Å². The first-order valence-corrected chi connectivity index (χ1v) is 15.8. The number of benzene rings is 2. The SMILES string of the molecule is C[Si](C)(C)CCOCn1ccc2c(-c3cccc(C4(C(F)F)Cc5ccccc5C4)c3)ncnc21. The maximum absolute atomic E-state index is 14.6. The molecule has 4 aromatic rings. The van der Waals surface area contributed by atoms with E-state index in [1.807, 2.05) is 65.4 Å². The molecule has 0 saturated carbocycles. The molecule has 4 nitrogen and oxygen atoms in total. The first-order chi connectivity index (χ1) is 16.8. The normalized spacial score (nSPS) is 15.1. The Morgan fingerprint density at radius 2 is 1.74 bits per heavy atom. The Hall–Kier alpha value is -2.90. The maximum Gasteiger partial charge on any atom is 0.248 e. The predicted octanol–water partition coefficient (Wildman–Crippen LogP) is 6.71. The Labute approximate surface area is 206 Å². The number of nitrogens with zero attached hydrogens (tertiary/aromatic N) is 3. The lowest BCUT2D eigenvalue weighted by atomic mass is 9.77. The average Bonchev–Trinajstić information content (AvgIpc) is 3.44. The van der Waals surface area contributed by atoms with E-state index in [4.69, 9.17) is 4.74 Å². The highest BCUT2D eigenvalue weighted by Gasteiger charge is 2.46. The van der Waals surface area contributed by atoms with Gasteiger partial charge in [-0.1, -0.05) is 62.1 Å². The molecule has 0 amide bonds. The molecular weight excluding hydrogens is 460 g/mol. The van der Waals surface area contributed by atoms with E-state index in [9.17, 15) is 8.78 Å². The Balaban J connectivity index is 1.45. The highest BCUT2D eigenvalue weighted by atomic mass is 28.3. The predicted molar refractivity (Wildman–Crippen MR) is 139 cm³/mol. The number of aromatic nitrogens is 3. The molecule has 35 heavy (non-hydrogen) atoms. The molecule has 7 heteroatoms. The summed E-state index contributed by atoms with van der Waals surface area (Å²) < 4.78 is 37.1. The molecule has 1 aliphatic rings. The highest BCUT2D eigenvalue weighted by Crippen LogP contribution is 2.45. The van der Waals surface area contributed by atoms with Crippen LogP contribution < -0.4 is 0 Å². The van der Waals surface area contributed by atoms with Gasteiger partial charge in [0.1, 0.15) is 18.7 Å². The first-order valence-electron chi connectivity index (χ1n) is 12.1. The van der Waals surface area contributed by atoms with Gasteiger partial charge in [0.05, 0.1) is 11.1 Å². The van der Waals surface area contributed by atoms with Gasteiger partial charge in [0, 0.05) is 31.8 Å². The fourth-order valence-electron chi connectivity index (χ4n) is 4.98. The molecular formula is C28H31F2N3OSi. The van der Waals surface area contributed by atoms with E-state index in [1.165, 1.54) is 6.33 Å². The van der Waals surface area contributed by atoms with Crippen molar-refractivity contribution in [3.63, 3.8) is 0 Å². The van der Waals surface area contributed by atoms with Crippen LogP contribution in [0.1, 0.15) is 16.7 Å². The Morgan fingerprint density at radius 3 is 2.43 bits per heavy atom. The summed E-state index contributed by atoms with van der Waals surface area (Å²) in [5, 5.41) is 0.888. The molecule has 0 bridgehead atoms. The topological polar surface area (TPSA) is 39.9 Å². The third-order valence-corrected chi connectivity index (χ3v) is 8.75. The molecule has 0 unspecified atom stereocenters. The number of ether oxygens (including phenoxy) is 1. The zero-order valence-corrected chi connectivity index (χ0v) is 21.5. The lowest BCUT2D eigenvalue weighted by Crippen LogP contribution is -2.35. The van der Waals surface area contributed by atoms with Crippen molar-refractivity contribution < 1.29 is 13.5 Å².